The Morgan fingerprint density at radius 1 is 1.06 bits per heavy atom. The standard InChI is InChI=1S/C24H32FN3O4S/c1-5-6-15-26-24(30)19(3)27(16-20-9-11-21(25)12-10-20)23(29)17-28(33(4,31)32)22-13-7-18(2)8-14-22/h7-14,19H,5-6,15-17H2,1-4H3,(H,26,30)/t19-/m0/s1. The molecule has 0 saturated carbocycles. The number of nitrogens with zero attached hydrogens (tertiary/aromatic N) is 2. The van der Waals surface area contributed by atoms with Gasteiger partial charge in [0, 0.05) is 13.1 Å². The quantitative estimate of drug-likeness (QED) is 0.504. The lowest BCUT2D eigenvalue weighted by molar-refractivity contribution is -0.139. The number of carbonyl (C=O) groups is 2. The van der Waals surface area contributed by atoms with Gasteiger partial charge in [0.15, 0.2) is 0 Å². The molecule has 2 amide bonds. The monoisotopic (exact) mass is 477 g/mol. The van der Waals surface area contributed by atoms with E-state index in [1.165, 1.54) is 29.2 Å². The lowest BCUT2D eigenvalue weighted by Gasteiger charge is -2.31. The highest BCUT2D eigenvalue weighted by Gasteiger charge is 2.30. The van der Waals surface area contributed by atoms with Gasteiger partial charge < -0.3 is 10.2 Å². The Labute approximate surface area is 195 Å². The van der Waals surface area contributed by atoms with E-state index in [0.717, 1.165) is 29.0 Å². The van der Waals surface area contributed by atoms with Crippen LogP contribution in [0, 0.1) is 12.7 Å². The summed E-state index contributed by atoms with van der Waals surface area (Å²) >= 11 is 0. The van der Waals surface area contributed by atoms with E-state index < -0.39 is 34.3 Å². The number of rotatable bonds is 11. The number of unbranched alkanes of at least 4 members (excludes halogenated alkanes) is 1. The first-order valence-corrected chi connectivity index (χ1v) is 12.7. The summed E-state index contributed by atoms with van der Waals surface area (Å²) in [4.78, 5) is 27.4. The maximum atomic E-state index is 13.4. The zero-order valence-corrected chi connectivity index (χ0v) is 20.4. The minimum Gasteiger partial charge on any atom is -0.354 e. The molecule has 0 saturated heterocycles. The predicted octanol–water partition coefficient (Wildman–Crippen LogP) is 3.23. The SMILES string of the molecule is CCCCNC(=O)[C@H](C)N(Cc1ccc(F)cc1)C(=O)CN(c1ccc(C)cc1)S(C)(=O)=O. The van der Waals surface area contributed by atoms with Crippen LogP contribution in [0.25, 0.3) is 0 Å². The van der Waals surface area contributed by atoms with Crippen molar-refractivity contribution in [3.8, 4) is 0 Å². The fraction of sp³-hybridized carbons (Fsp3) is 0.417. The van der Waals surface area contributed by atoms with Crippen LogP contribution in [-0.2, 0) is 26.2 Å². The lowest BCUT2D eigenvalue weighted by atomic mass is 10.1. The second-order valence-corrected chi connectivity index (χ2v) is 9.98. The fourth-order valence-electron chi connectivity index (χ4n) is 3.23. The Hall–Kier alpha value is -2.94. The Morgan fingerprint density at radius 2 is 1.67 bits per heavy atom. The molecule has 1 N–H and O–H groups in total. The first kappa shape index (κ1) is 26.3. The van der Waals surface area contributed by atoms with Crippen molar-refractivity contribution in [1.82, 2.24) is 10.2 Å². The molecule has 0 aliphatic rings. The first-order valence-electron chi connectivity index (χ1n) is 10.9. The van der Waals surface area contributed by atoms with Gasteiger partial charge in [-0.05, 0) is 50.1 Å². The topological polar surface area (TPSA) is 86.8 Å². The molecule has 9 heteroatoms. The Bertz CT molecular complexity index is 1040. The zero-order valence-electron chi connectivity index (χ0n) is 19.5. The van der Waals surface area contributed by atoms with Crippen LogP contribution in [0.2, 0.25) is 0 Å². The summed E-state index contributed by atoms with van der Waals surface area (Å²) < 4.78 is 39.3. The second kappa shape index (κ2) is 11.8. The van der Waals surface area contributed by atoms with Gasteiger partial charge in [-0.2, -0.15) is 0 Å². The lowest BCUT2D eigenvalue weighted by Crippen LogP contribution is -2.51. The molecule has 0 heterocycles. The molecular weight excluding hydrogens is 445 g/mol. The van der Waals surface area contributed by atoms with Gasteiger partial charge in [-0.1, -0.05) is 43.2 Å². The Balaban J connectivity index is 2.32. The molecule has 1 atom stereocenters. The summed E-state index contributed by atoms with van der Waals surface area (Å²) in [7, 11) is -3.77. The molecule has 180 valence electrons. The number of sulfonamides is 1. The third-order valence-electron chi connectivity index (χ3n) is 5.26. The van der Waals surface area contributed by atoms with Gasteiger partial charge >= 0.3 is 0 Å². The maximum Gasteiger partial charge on any atom is 0.244 e. The molecule has 0 aliphatic carbocycles. The van der Waals surface area contributed by atoms with Crippen molar-refractivity contribution in [2.75, 3.05) is 23.7 Å². The van der Waals surface area contributed by atoms with Crippen LogP contribution in [0.5, 0.6) is 0 Å². The number of nitrogens with one attached hydrogen (secondary N) is 1. The molecule has 0 fully saturated rings. The number of carbonyl (C=O) groups excluding carboxylic acids is 2. The van der Waals surface area contributed by atoms with Gasteiger partial charge in [-0.3, -0.25) is 13.9 Å². The van der Waals surface area contributed by atoms with Crippen LogP contribution in [0.15, 0.2) is 48.5 Å². The van der Waals surface area contributed by atoms with Gasteiger partial charge in [0.05, 0.1) is 11.9 Å². The van der Waals surface area contributed by atoms with Crippen molar-refractivity contribution >= 4 is 27.5 Å². The van der Waals surface area contributed by atoms with Crippen molar-refractivity contribution in [3.63, 3.8) is 0 Å². The van der Waals surface area contributed by atoms with E-state index in [4.69, 9.17) is 0 Å². The van der Waals surface area contributed by atoms with Gasteiger partial charge in [-0.15, -0.1) is 0 Å². The average Bonchev–Trinajstić information content (AvgIpc) is 2.76. The Kier molecular flexibility index (Phi) is 9.40. The van der Waals surface area contributed by atoms with Crippen molar-refractivity contribution in [2.24, 2.45) is 0 Å². The maximum absolute atomic E-state index is 13.4. The molecule has 0 aliphatic heterocycles. The number of anilines is 1. The molecule has 0 radical (unpaired) electrons. The fourth-order valence-corrected chi connectivity index (χ4v) is 4.08. The van der Waals surface area contributed by atoms with Crippen LogP contribution in [0.1, 0.15) is 37.8 Å². The third-order valence-corrected chi connectivity index (χ3v) is 6.40. The number of benzene rings is 2. The Morgan fingerprint density at radius 3 is 2.21 bits per heavy atom. The van der Waals surface area contributed by atoms with Gasteiger partial charge in [0.25, 0.3) is 0 Å². The van der Waals surface area contributed by atoms with E-state index >= 15 is 0 Å². The van der Waals surface area contributed by atoms with Gasteiger partial charge in [0.2, 0.25) is 21.8 Å². The number of hydrogen-bond acceptors (Lipinski definition) is 4. The largest absolute Gasteiger partial charge is 0.354 e. The summed E-state index contributed by atoms with van der Waals surface area (Å²) in [5, 5.41) is 2.81. The summed E-state index contributed by atoms with van der Waals surface area (Å²) in [6.07, 6.45) is 2.75. The third kappa shape index (κ3) is 7.85. The molecule has 7 nitrogen and oxygen atoms in total. The van der Waals surface area contributed by atoms with Crippen LogP contribution < -0.4 is 9.62 Å². The summed E-state index contributed by atoms with van der Waals surface area (Å²) in [5.41, 5.74) is 1.94. The van der Waals surface area contributed by atoms with E-state index in [2.05, 4.69) is 5.32 Å². The van der Waals surface area contributed by atoms with Crippen molar-refractivity contribution < 1.29 is 22.4 Å². The molecule has 0 aromatic heterocycles. The van der Waals surface area contributed by atoms with E-state index in [0.29, 0.717) is 17.8 Å². The molecule has 2 aromatic carbocycles. The van der Waals surface area contributed by atoms with E-state index in [1.54, 1.807) is 31.2 Å². The number of hydrogen-bond donors (Lipinski definition) is 1. The minimum atomic E-state index is -3.77. The van der Waals surface area contributed by atoms with E-state index in [-0.39, 0.29) is 12.5 Å². The highest BCUT2D eigenvalue weighted by molar-refractivity contribution is 7.92. The van der Waals surface area contributed by atoms with Gasteiger partial charge in [-0.25, -0.2) is 12.8 Å². The number of amides is 2. The first-order chi connectivity index (χ1) is 15.5. The number of halogens is 1. The molecule has 0 unspecified atom stereocenters. The molecule has 2 rings (SSSR count). The van der Waals surface area contributed by atoms with E-state index in [1.807, 2.05) is 13.8 Å². The second-order valence-electron chi connectivity index (χ2n) is 8.07. The molecule has 33 heavy (non-hydrogen) atoms. The van der Waals surface area contributed by atoms with Crippen molar-refractivity contribution in [1.29, 1.82) is 0 Å². The summed E-state index contributed by atoms with van der Waals surface area (Å²) in [6.45, 7) is 5.53. The molecule has 2 aromatic rings. The van der Waals surface area contributed by atoms with Crippen LogP contribution >= 0.6 is 0 Å². The van der Waals surface area contributed by atoms with Crippen LogP contribution in [0.3, 0.4) is 0 Å². The molecule has 0 spiro atoms. The predicted molar refractivity (Wildman–Crippen MR) is 128 cm³/mol. The summed E-state index contributed by atoms with van der Waals surface area (Å²) in [6, 6.07) is 11.6. The summed E-state index contributed by atoms with van der Waals surface area (Å²) in [5.74, 6) is -1.28. The van der Waals surface area contributed by atoms with Crippen molar-refractivity contribution in [3.05, 3.63) is 65.5 Å². The average molecular weight is 478 g/mol. The van der Waals surface area contributed by atoms with Crippen LogP contribution in [0.4, 0.5) is 10.1 Å². The van der Waals surface area contributed by atoms with Crippen LogP contribution in [-0.4, -0.2) is 50.5 Å². The highest BCUT2D eigenvalue weighted by Crippen LogP contribution is 2.19. The zero-order chi connectivity index (χ0) is 24.6. The smallest absolute Gasteiger partial charge is 0.244 e. The highest BCUT2D eigenvalue weighted by atomic mass is 32.2. The van der Waals surface area contributed by atoms with Crippen molar-refractivity contribution in [2.45, 2.75) is 46.2 Å². The normalized spacial score (nSPS) is 12.2. The van der Waals surface area contributed by atoms with E-state index in [9.17, 15) is 22.4 Å². The minimum absolute atomic E-state index is 0.0347. The molecule has 0 bridgehead atoms. The molecular formula is C24H32FN3O4S. The van der Waals surface area contributed by atoms with Gasteiger partial charge in [0.1, 0.15) is 18.4 Å². The number of aryl methyl sites for hydroxylation is 1.